The zero-order valence-electron chi connectivity index (χ0n) is 12.0. The van der Waals surface area contributed by atoms with E-state index >= 15 is 0 Å². The Hall–Kier alpha value is -2.06. The van der Waals surface area contributed by atoms with Crippen LogP contribution in [0.4, 0.5) is 11.4 Å². The van der Waals surface area contributed by atoms with Crippen LogP contribution in [-0.4, -0.2) is 44.0 Å². The maximum absolute atomic E-state index is 11.4. The van der Waals surface area contributed by atoms with Crippen LogP contribution >= 0.6 is 0 Å². The number of amides is 1. The van der Waals surface area contributed by atoms with Crippen LogP contribution in [0.25, 0.3) is 0 Å². The molecule has 20 heavy (non-hydrogen) atoms. The lowest BCUT2D eigenvalue weighted by molar-refractivity contribution is -0.115. The van der Waals surface area contributed by atoms with E-state index in [9.17, 15) is 4.79 Å². The molecular formula is C15H20N4O. The summed E-state index contributed by atoms with van der Waals surface area (Å²) < 4.78 is 0. The van der Waals surface area contributed by atoms with Crippen LogP contribution in [0.2, 0.25) is 0 Å². The van der Waals surface area contributed by atoms with Gasteiger partial charge < -0.3 is 15.1 Å². The Morgan fingerprint density at radius 2 is 2.05 bits per heavy atom. The molecule has 1 aliphatic rings. The van der Waals surface area contributed by atoms with Crippen molar-refractivity contribution in [3.8, 4) is 6.07 Å². The number of carbonyl (C=O) groups is 1. The summed E-state index contributed by atoms with van der Waals surface area (Å²) in [5.74, 6) is -0.261. The molecule has 0 saturated carbocycles. The number of piperazine rings is 1. The molecule has 5 nitrogen and oxygen atoms in total. The minimum atomic E-state index is -0.261. The Morgan fingerprint density at radius 1 is 1.35 bits per heavy atom. The molecule has 1 N–H and O–H groups in total. The first kappa shape index (κ1) is 14.4. The van der Waals surface area contributed by atoms with Crippen molar-refractivity contribution >= 4 is 17.3 Å². The number of nitrogens with zero attached hydrogens (tertiary/aromatic N) is 3. The molecule has 0 unspecified atom stereocenters. The maximum Gasteiger partial charge on any atom is 0.238 e. The molecule has 1 saturated heterocycles. The molecule has 1 heterocycles. The Bertz CT molecular complexity index is 527. The summed E-state index contributed by atoms with van der Waals surface area (Å²) in [5.41, 5.74) is 2.99. The number of anilines is 2. The quantitative estimate of drug-likeness (QED) is 0.908. The minimum Gasteiger partial charge on any atom is -0.369 e. The van der Waals surface area contributed by atoms with E-state index < -0.39 is 0 Å². The van der Waals surface area contributed by atoms with E-state index in [0.717, 1.165) is 37.4 Å². The van der Waals surface area contributed by atoms with Gasteiger partial charge in [-0.1, -0.05) is 0 Å². The molecule has 0 bridgehead atoms. The van der Waals surface area contributed by atoms with Crippen LogP contribution in [-0.2, 0) is 4.79 Å². The van der Waals surface area contributed by atoms with Crippen molar-refractivity contribution in [3.63, 3.8) is 0 Å². The van der Waals surface area contributed by atoms with Gasteiger partial charge in [0, 0.05) is 37.6 Å². The Labute approximate surface area is 119 Å². The molecule has 0 spiro atoms. The third-order valence-corrected chi connectivity index (χ3v) is 3.59. The first-order valence-electron chi connectivity index (χ1n) is 6.81. The molecule has 0 radical (unpaired) electrons. The van der Waals surface area contributed by atoms with Crippen LogP contribution < -0.4 is 10.2 Å². The lowest BCUT2D eigenvalue weighted by Crippen LogP contribution is -2.44. The van der Waals surface area contributed by atoms with Crippen molar-refractivity contribution < 1.29 is 4.79 Å². The van der Waals surface area contributed by atoms with Crippen molar-refractivity contribution in [2.45, 2.75) is 13.3 Å². The lowest BCUT2D eigenvalue weighted by atomic mass is 10.1. The molecule has 0 aliphatic carbocycles. The first-order valence-corrected chi connectivity index (χ1v) is 6.81. The van der Waals surface area contributed by atoms with Gasteiger partial charge in [0.2, 0.25) is 5.91 Å². The van der Waals surface area contributed by atoms with Crippen LogP contribution in [0.3, 0.4) is 0 Å². The van der Waals surface area contributed by atoms with Gasteiger partial charge in [-0.15, -0.1) is 0 Å². The minimum absolute atomic E-state index is 0.111. The van der Waals surface area contributed by atoms with Crippen molar-refractivity contribution in [2.75, 3.05) is 43.4 Å². The normalized spacial score (nSPS) is 15.8. The number of hydrogen-bond donors (Lipinski definition) is 1. The van der Waals surface area contributed by atoms with E-state index in [4.69, 9.17) is 5.26 Å². The Kier molecular flexibility index (Phi) is 4.59. The molecule has 0 aromatic heterocycles. The smallest absolute Gasteiger partial charge is 0.238 e. The molecule has 1 fully saturated rings. The highest BCUT2D eigenvalue weighted by Crippen LogP contribution is 2.23. The predicted octanol–water partition coefficient (Wildman–Crippen LogP) is 1.60. The summed E-state index contributed by atoms with van der Waals surface area (Å²) in [5, 5.41) is 11.3. The van der Waals surface area contributed by atoms with Crippen LogP contribution in [0, 0.1) is 18.3 Å². The molecule has 1 aromatic carbocycles. The monoisotopic (exact) mass is 272 g/mol. The number of benzene rings is 1. The van der Waals surface area contributed by atoms with E-state index in [-0.39, 0.29) is 12.3 Å². The van der Waals surface area contributed by atoms with Crippen molar-refractivity contribution in [1.29, 1.82) is 5.26 Å². The second kappa shape index (κ2) is 6.40. The van der Waals surface area contributed by atoms with Gasteiger partial charge in [-0.3, -0.25) is 4.79 Å². The van der Waals surface area contributed by atoms with Gasteiger partial charge >= 0.3 is 0 Å². The van der Waals surface area contributed by atoms with Gasteiger partial charge in [0.05, 0.1) is 6.07 Å². The van der Waals surface area contributed by atoms with Crippen LogP contribution in [0.15, 0.2) is 18.2 Å². The number of aryl methyl sites for hydroxylation is 1. The predicted molar refractivity (Wildman–Crippen MR) is 79.7 cm³/mol. The summed E-state index contributed by atoms with van der Waals surface area (Å²) in [4.78, 5) is 16.1. The number of likely N-dealkylation sites (N-methyl/N-ethyl adjacent to an activating group) is 1. The number of rotatable bonds is 3. The van der Waals surface area contributed by atoms with E-state index in [1.807, 2.05) is 25.1 Å². The summed E-state index contributed by atoms with van der Waals surface area (Å²) >= 11 is 0. The average molecular weight is 272 g/mol. The van der Waals surface area contributed by atoms with Crippen molar-refractivity contribution in [1.82, 2.24) is 4.90 Å². The highest BCUT2D eigenvalue weighted by molar-refractivity contribution is 5.93. The highest BCUT2D eigenvalue weighted by Gasteiger charge is 2.15. The van der Waals surface area contributed by atoms with Crippen molar-refractivity contribution in [2.24, 2.45) is 0 Å². The lowest BCUT2D eigenvalue weighted by Gasteiger charge is -2.34. The second-order valence-electron chi connectivity index (χ2n) is 5.17. The number of nitriles is 1. The molecule has 2 rings (SSSR count). The molecule has 1 amide bonds. The third kappa shape index (κ3) is 3.49. The van der Waals surface area contributed by atoms with Gasteiger partial charge in [-0.25, -0.2) is 0 Å². The van der Waals surface area contributed by atoms with Gasteiger partial charge in [0.25, 0.3) is 0 Å². The zero-order chi connectivity index (χ0) is 14.5. The summed E-state index contributed by atoms with van der Waals surface area (Å²) in [7, 11) is 2.14. The fraction of sp³-hybridized carbons (Fsp3) is 0.467. The highest BCUT2D eigenvalue weighted by atomic mass is 16.1. The Morgan fingerprint density at radius 3 is 2.65 bits per heavy atom. The Balaban J connectivity index is 2.06. The first-order chi connectivity index (χ1) is 9.60. The molecule has 1 aliphatic heterocycles. The largest absolute Gasteiger partial charge is 0.369 e. The second-order valence-corrected chi connectivity index (χ2v) is 5.17. The number of carbonyl (C=O) groups excluding carboxylic acids is 1. The molecular weight excluding hydrogens is 252 g/mol. The molecule has 5 heteroatoms. The summed E-state index contributed by atoms with van der Waals surface area (Å²) in [6.07, 6.45) is -0.111. The summed E-state index contributed by atoms with van der Waals surface area (Å²) in [6, 6.07) is 7.88. The summed E-state index contributed by atoms with van der Waals surface area (Å²) in [6.45, 7) is 6.16. The molecule has 106 valence electrons. The van der Waals surface area contributed by atoms with Crippen LogP contribution in [0.5, 0.6) is 0 Å². The van der Waals surface area contributed by atoms with Gasteiger partial charge in [-0.2, -0.15) is 5.26 Å². The zero-order valence-corrected chi connectivity index (χ0v) is 12.0. The number of hydrogen-bond acceptors (Lipinski definition) is 4. The van der Waals surface area contributed by atoms with E-state index in [1.54, 1.807) is 0 Å². The molecule has 1 aromatic rings. The topological polar surface area (TPSA) is 59.4 Å². The van der Waals surface area contributed by atoms with E-state index in [1.165, 1.54) is 5.69 Å². The SMILES string of the molecule is Cc1cc(N2CCN(C)CC2)ccc1NC(=O)CC#N. The average Bonchev–Trinajstić information content (AvgIpc) is 2.42. The van der Waals surface area contributed by atoms with Gasteiger partial charge in [0.1, 0.15) is 6.42 Å². The number of nitrogens with one attached hydrogen (secondary N) is 1. The molecule has 0 atom stereocenters. The standard InChI is InChI=1S/C15H20N4O/c1-12-11-13(19-9-7-18(2)8-10-19)3-4-14(12)17-15(20)5-6-16/h3-4,11H,5,7-10H2,1-2H3,(H,17,20). The van der Waals surface area contributed by atoms with E-state index in [0.29, 0.717) is 0 Å². The van der Waals surface area contributed by atoms with Gasteiger partial charge in [-0.05, 0) is 37.7 Å². The van der Waals surface area contributed by atoms with Crippen LogP contribution in [0.1, 0.15) is 12.0 Å². The van der Waals surface area contributed by atoms with E-state index in [2.05, 4.69) is 28.2 Å². The van der Waals surface area contributed by atoms with Gasteiger partial charge in [0.15, 0.2) is 0 Å². The van der Waals surface area contributed by atoms with Crippen molar-refractivity contribution in [3.05, 3.63) is 23.8 Å². The fourth-order valence-electron chi connectivity index (χ4n) is 2.32. The third-order valence-electron chi connectivity index (χ3n) is 3.59. The fourth-order valence-corrected chi connectivity index (χ4v) is 2.32. The maximum atomic E-state index is 11.4.